The zero-order valence-electron chi connectivity index (χ0n) is 6.89. The highest BCUT2D eigenvalue weighted by molar-refractivity contribution is 5.98. The smallest absolute Gasteiger partial charge is 0.274 e. The lowest BCUT2D eigenvalue weighted by atomic mass is 9.88. The number of Topliss-reactive ketones (excluding diaryl/α,β-unsaturated/α-hetero) is 1. The van der Waals surface area contributed by atoms with Gasteiger partial charge in [-0.25, -0.2) is 8.78 Å². The van der Waals surface area contributed by atoms with Crippen molar-refractivity contribution < 1.29 is 13.6 Å². The molecule has 1 nitrogen and oxygen atoms in total. The van der Waals surface area contributed by atoms with Crippen molar-refractivity contribution in [3.8, 4) is 0 Å². The van der Waals surface area contributed by atoms with Crippen LogP contribution in [0.25, 0.3) is 0 Å². The highest BCUT2D eigenvalue weighted by Crippen LogP contribution is 2.39. The molecule has 0 aromatic heterocycles. The van der Waals surface area contributed by atoms with Crippen LogP contribution in [0.1, 0.15) is 28.8 Å². The molecule has 1 aromatic rings. The van der Waals surface area contributed by atoms with Crippen molar-refractivity contribution in [3.63, 3.8) is 0 Å². The third-order valence-corrected chi connectivity index (χ3v) is 2.29. The summed E-state index contributed by atoms with van der Waals surface area (Å²) in [5, 5.41) is 0. The van der Waals surface area contributed by atoms with Crippen molar-refractivity contribution in [2.75, 3.05) is 0 Å². The predicted octanol–water partition coefficient (Wildman–Crippen LogP) is 2.75. The molecule has 13 heavy (non-hydrogen) atoms. The van der Waals surface area contributed by atoms with E-state index >= 15 is 0 Å². The molecule has 0 unspecified atom stereocenters. The first kappa shape index (κ1) is 8.35. The summed E-state index contributed by atoms with van der Waals surface area (Å²) in [4.78, 5) is 11.2. The fourth-order valence-electron chi connectivity index (χ4n) is 1.59. The second-order valence-corrected chi connectivity index (χ2v) is 3.17. The lowest BCUT2D eigenvalue weighted by Crippen LogP contribution is -2.24. The molecule has 68 valence electrons. The van der Waals surface area contributed by atoms with Crippen molar-refractivity contribution in [3.05, 3.63) is 35.4 Å². The Morgan fingerprint density at radius 3 is 2.62 bits per heavy atom. The number of hydrogen-bond acceptors (Lipinski definition) is 1. The molecule has 0 amide bonds. The van der Waals surface area contributed by atoms with Gasteiger partial charge in [0.05, 0.1) is 0 Å². The molecular formula is C10H8F2O. The second kappa shape index (κ2) is 2.62. The zero-order valence-corrected chi connectivity index (χ0v) is 6.89. The number of halogens is 2. The van der Waals surface area contributed by atoms with Gasteiger partial charge in [-0.3, -0.25) is 4.79 Å². The maximum atomic E-state index is 13.2. The van der Waals surface area contributed by atoms with E-state index < -0.39 is 5.92 Å². The van der Waals surface area contributed by atoms with Crippen LogP contribution in [0.2, 0.25) is 0 Å². The number of alkyl halides is 2. The van der Waals surface area contributed by atoms with E-state index in [9.17, 15) is 13.6 Å². The predicted molar refractivity (Wildman–Crippen MR) is 43.9 cm³/mol. The summed E-state index contributed by atoms with van der Waals surface area (Å²) >= 11 is 0. The van der Waals surface area contributed by atoms with E-state index in [1.165, 1.54) is 18.2 Å². The molecule has 0 saturated heterocycles. The summed E-state index contributed by atoms with van der Waals surface area (Å²) in [5.74, 6) is -3.01. The average molecular weight is 182 g/mol. The van der Waals surface area contributed by atoms with E-state index in [0.29, 0.717) is 0 Å². The molecule has 1 aliphatic carbocycles. The first-order valence-electron chi connectivity index (χ1n) is 4.12. The van der Waals surface area contributed by atoms with Gasteiger partial charge in [0, 0.05) is 24.0 Å². The maximum Gasteiger partial charge on any atom is 0.274 e. The summed E-state index contributed by atoms with van der Waals surface area (Å²) < 4.78 is 26.4. The largest absolute Gasteiger partial charge is 0.294 e. The van der Waals surface area contributed by atoms with Crippen molar-refractivity contribution in [1.29, 1.82) is 0 Å². The highest BCUT2D eigenvalue weighted by Gasteiger charge is 2.39. The third-order valence-electron chi connectivity index (χ3n) is 2.29. The Morgan fingerprint density at radius 2 is 1.92 bits per heavy atom. The van der Waals surface area contributed by atoms with Gasteiger partial charge in [-0.2, -0.15) is 0 Å². The molecule has 2 rings (SSSR count). The molecule has 0 fully saturated rings. The Morgan fingerprint density at radius 1 is 1.23 bits per heavy atom. The van der Waals surface area contributed by atoms with Crippen molar-refractivity contribution >= 4 is 5.78 Å². The van der Waals surface area contributed by atoms with Gasteiger partial charge in [-0.15, -0.1) is 0 Å². The quantitative estimate of drug-likeness (QED) is 0.603. The van der Waals surface area contributed by atoms with Gasteiger partial charge in [0.15, 0.2) is 5.78 Å². The zero-order chi connectivity index (χ0) is 9.47. The summed E-state index contributed by atoms with van der Waals surface area (Å²) in [5.41, 5.74) is 0.0602. The highest BCUT2D eigenvalue weighted by atomic mass is 19.3. The van der Waals surface area contributed by atoms with Gasteiger partial charge in [-0.1, -0.05) is 24.3 Å². The average Bonchev–Trinajstić information content (AvgIpc) is 2.13. The lowest BCUT2D eigenvalue weighted by molar-refractivity contribution is -0.0192. The minimum Gasteiger partial charge on any atom is -0.294 e. The number of carbonyl (C=O) groups is 1. The van der Waals surface area contributed by atoms with Crippen LogP contribution in [0.15, 0.2) is 24.3 Å². The number of ketones is 1. The Hall–Kier alpha value is -1.25. The van der Waals surface area contributed by atoms with E-state index in [1.54, 1.807) is 6.07 Å². The molecule has 0 atom stereocenters. The minimum atomic E-state index is -2.83. The number of carbonyl (C=O) groups excluding carboxylic acids is 1. The first-order valence-corrected chi connectivity index (χ1v) is 4.12. The fourth-order valence-corrected chi connectivity index (χ4v) is 1.59. The van der Waals surface area contributed by atoms with Crippen LogP contribution in [-0.4, -0.2) is 5.78 Å². The van der Waals surface area contributed by atoms with Crippen LogP contribution >= 0.6 is 0 Å². The van der Waals surface area contributed by atoms with Crippen molar-refractivity contribution in [2.45, 2.75) is 18.8 Å². The normalized spacial score (nSPS) is 19.7. The van der Waals surface area contributed by atoms with E-state index in [1.807, 2.05) is 0 Å². The SMILES string of the molecule is O=C1CCC(F)(F)c2ccccc21. The molecule has 0 N–H and O–H groups in total. The van der Waals surface area contributed by atoms with Crippen LogP contribution in [-0.2, 0) is 5.92 Å². The van der Waals surface area contributed by atoms with Crippen molar-refractivity contribution in [2.24, 2.45) is 0 Å². The lowest BCUT2D eigenvalue weighted by Gasteiger charge is -2.23. The Bertz CT molecular complexity index is 358. The molecule has 0 radical (unpaired) electrons. The van der Waals surface area contributed by atoms with E-state index in [-0.39, 0.29) is 29.8 Å². The Balaban J connectivity index is 2.61. The van der Waals surface area contributed by atoms with Crippen LogP contribution in [0, 0.1) is 0 Å². The van der Waals surface area contributed by atoms with Gasteiger partial charge in [0.1, 0.15) is 0 Å². The standard InChI is InChI=1S/C10H8F2O/c11-10(12)6-5-9(13)7-3-1-2-4-8(7)10/h1-4H,5-6H2. The number of hydrogen-bond donors (Lipinski definition) is 0. The molecule has 1 aliphatic rings. The summed E-state index contributed by atoms with van der Waals surface area (Å²) in [6, 6.07) is 5.93. The molecular weight excluding hydrogens is 174 g/mol. The fraction of sp³-hybridized carbons (Fsp3) is 0.300. The van der Waals surface area contributed by atoms with Crippen LogP contribution in [0.4, 0.5) is 8.78 Å². The molecule has 0 aliphatic heterocycles. The topological polar surface area (TPSA) is 17.1 Å². The van der Waals surface area contributed by atoms with Gasteiger partial charge >= 0.3 is 0 Å². The number of fused-ring (bicyclic) bond motifs is 1. The Kier molecular flexibility index (Phi) is 1.68. The summed E-state index contributed by atoms with van der Waals surface area (Å²) in [7, 11) is 0. The molecule has 0 bridgehead atoms. The molecule has 0 spiro atoms. The summed E-state index contributed by atoms with van der Waals surface area (Å²) in [6.45, 7) is 0. The minimum absolute atomic E-state index is 0.0516. The second-order valence-electron chi connectivity index (χ2n) is 3.17. The van der Waals surface area contributed by atoms with Crippen LogP contribution in [0.3, 0.4) is 0 Å². The van der Waals surface area contributed by atoms with Gasteiger partial charge in [0.2, 0.25) is 0 Å². The van der Waals surface area contributed by atoms with Gasteiger partial charge in [-0.05, 0) is 0 Å². The van der Waals surface area contributed by atoms with Crippen LogP contribution < -0.4 is 0 Å². The van der Waals surface area contributed by atoms with E-state index in [0.717, 1.165) is 0 Å². The third kappa shape index (κ3) is 1.24. The van der Waals surface area contributed by atoms with Crippen molar-refractivity contribution in [1.82, 2.24) is 0 Å². The molecule has 3 heteroatoms. The van der Waals surface area contributed by atoms with Gasteiger partial charge in [0.25, 0.3) is 5.92 Å². The first-order chi connectivity index (χ1) is 6.11. The van der Waals surface area contributed by atoms with Crippen LogP contribution in [0.5, 0.6) is 0 Å². The number of benzene rings is 1. The molecule has 0 saturated carbocycles. The molecule has 0 heterocycles. The van der Waals surface area contributed by atoms with E-state index in [2.05, 4.69) is 0 Å². The monoisotopic (exact) mass is 182 g/mol. The summed E-state index contributed by atoms with van der Waals surface area (Å²) in [6.07, 6.45) is -0.410. The Labute approximate surface area is 74.4 Å². The van der Waals surface area contributed by atoms with E-state index in [4.69, 9.17) is 0 Å². The number of rotatable bonds is 0. The van der Waals surface area contributed by atoms with Gasteiger partial charge < -0.3 is 0 Å². The molecule has 1 aromatic carbocycles. The maximum absolute atomic E-state index is 13.2.